The highest BCUT2D eigenvalue weighted by Gasteiger charge is 2.17. The maximum absolute atomic E-state index is 10.8. The van der Waals surface area contributed by atoms with Gasteiger partial charge in [0.2, 0.25) is 0 Å². The number of benzene rings is 1. The van der Waals surface area contributed by atoms with Crippen LogP contribution in [0, 0.1) is 5.92 Å². The molecule has 0 saturated carbocycles. The first kappa shape index (κ1) is 16.3. The van der Waals surface area contributed by atoms with Crippen LogP contribution in [-0.2, 0) is 4.79 Å². The number of aliphatic carboxylic acids is 1. The maximum Gasteiger partial charge on any atom is 0.328 e. The first-order valence-corrected chi connectivity index (χ1v) is 7.96. The van der Waals surface area contributed by atoms with E-state index in [9.17, 15) is 4.79 Å². The van der Waals surface area contributed by atoms with Gasteiger partial charge < -0.3 is 10.1 Å². The predicted octanol–water partition coefficient (Wildman–Crippen LogP) is 5.20. The van der Waals surface area contributed by atoms with Crippen molar-refractivity contribution in [2.75, 3.05) is 0 Å². The fourth-order valence-corrected chi connectivity index (χ4v) is 3.03. The van der Waals surface area contributed by atoms with Gasteiger partial charge in [0.05, 0.1) is 0 Å². The number of allylic oxidation sites excluding steroid dienone is 1. The molecular formula is C19H25NO2. The molecule has 0 fully saturated rings. The quantitative estimate of drug-likeness (QED) is 0.721. The van der Waals surface area contributed by atoms with Crippen molar-refractivity contribution in [3.8, 4) is 0 Å². The zero-order chi connectivity index (χ0) is 16.3. The van der Waals surface area contributed by atoms with Gasteiger partial charge >= 0.3 is 5.97 Å². The summed E-state index contributed by atoms with van der Waals surface area (Å²) in [6.45, 7) is 8.57. The number of aromatic amines is 1. The van der Waals surface area contributed by atoms with Crippen LogP contribution >= 0.6 is 0 Å². The standard InChI is InChI=1S/C19H25NO2/c1-5-6-16(12(2)3)18-11-15-10-14(7-8-17(15)20-18)13(4)9-19(21)22/h7-12,16,20H,5-6H2,1-4H3,(H,21,22). The normalized spacial score (nSPS) is 13.8. The SMILES string of the molecule is CCCC(c1cc2cc(C(C)=CC(=O)O)ccc2[nH]1)C(C)C. The van der Waals surface area contributed by atoms with Gasteiger partial charge in [0.1, 0.15) is 0 Å². The summed E-state index contributed by atoms with van der Waals surface area (Å²) in [7, 11) is 0. The van der Waals surface area contributed by atoms with E-state index in [1.165, 1.54) is 24.6 Å². The molecule has 0 aliphatic rings. The van der Waals surface area contributed by atoms with Crippen LogP contribution in [0.2, 0.25) is 0 Å². The molecule has 0 bridgehead atoms. The Bertz CT molecular complexity index is 695. The van der Waals surface area contributed by atoms with Crippen LogP contribution < -0.4 is 0 Å². The predicted molar refractivity (Wildman–Crippen MR) is 92.1 cm³/mol. The Kier molecular flexibility index (Phi) is 5.07. The number of nitrogens with one attached hydrogen (secondary N) is 1. The molecule has 1 atom stereocenters. The van der Waals surface area contributed by atoms with Crippen LogP contribution in [0.5, 0.6) is 0 Å². The average Bonchev–Trinajstić information content (AvgIpc) is 2.85. The minimum Gasteiger partial charge on any atom is -0.478 e. The van der Waals surface area contributed by atoms with Gasteiger partial charge in [-0.3, -0.25) is 0 Å². The van der Waals surface area contributed by atoms with E-state index in [0.717, 1.165) is 22.0 Å². The van der Waals surface area contributed by atoms with E-state index in [-0.39, 0.29) is 0 Å². The van der Waals surface area contributed by atoms with Gasteiger partial charge in [0, 0.05) is 28.6 Å². The molecule has 2 rings (SSSR count). The van der Waals surface area contributed by atoms with Crippen molar-refractivity contribution in [2.24, 2.45) is 5.92 Å². The summed E-state index contributed by atoms with van der Waals surface area (Å²) >= 11 is 0. The highest BCUT2D eigenvalue weighted by Crippen LogP contribution is 2.31. The highest BCUT2D eigenvalue weighted by atomic mass is 16.4. The lowest BCUT2D eigenvalue weighted by molar-refractivity contribution is -0.131. The van der Waals surface area contributed by atoms with E-state index < -0.39 is 5.97 Å². The summed E-state index contributed by atoms with van der Waals surface area (Å²) in [6, 6.07) is 8.29. The zero-order valence-electron chi connectivity index (χ0n) is 13.8. The third-order valence-electron chi connectivity index (χ3n) is 4.24. The summed E-state index contributed by atoms with van der Waals surface area (Å²) in [5.74, 6) is 0.229. The first-order chi connectivity index (χ1) is 10.4. The molecule has 0 saturated heterocycles. The molecule has 1 unspecified atom stereocenters. The van der Waals surface area contributed by atoms with E-state index in [4.69, 9.17) is 5.11 Å². The monoisotopic (exact) mass is 299 g/mol. The van der Waals surface area contributed by atoms with Crippen molar-refractivity contribution in [2.45, 2.75) is 46.5 Å². The number of hydrogen-bond donors (Lipinski definition) is 2. The molecule has 0 aliphatic heterocycles. The maximum atomic E-state index is 10.8. The minimum atomic E-state index is -0.907. The van der Waals surface area contributed by atoms with Crippen LogP contribution in [0.3, 0.4) is 0 Å². The molecule has 3 heteroatoms. The van der Waals surface area contributed by atoms with Gasteiger partial charge in [0.15, 0.2) is 0 Å². The van der Waals surface area contributed by atoms with Gasteiger partial charge in [-0.25, -0.2) is 4.79 Å². The number of fused-ring (bicyclic) bond motifs is 1. The molecule has 118 valence electrons. The second-order valence-corrected chi connectivity index (χ2v) is 6.33. The molecule has 0 amide bonds. The Balaban J connectivity index is 2.41. The molecule has 3 nitrogen and oxygen atoms in total. The fourth-order valence-electron chi connectivity index (χ4n) is 3.03. The molecule has 1 aromatic carbocycles. The molecule has 2 aromatic rings. The summed E-state index contributed by atoms with van der Waals surface area (Å²) in [5, 5.41) is 10.0. The van der Waals surface area contributed by atoms with E-state index in [1.54, 1.807) is 0 Å². The van der Waals surface area contributed by atoms with Crippen LogP contribution in [-0.4, -0.2) is 16.1 Å². The fraction of sp³-hybridized carbons (Fsp3) is 0.421. The lowest BCUT2D eigenvalue weighted by Crippen LogP contribution is -2.06. The van der Waals surface area contributed by atoms with Gasteiger partial charge in [-0.2, -0.15) is 0 Å². The van der Waals surface area contributed by atoms with Crippen molar-refractivity contribution >= 4 is 22.4 Å². The Hall–Kier alpha value is -2.03. The summed E-state index contributed by atoms with van der Waals surface area (Å²) in [4.78, 5) is 14.3. The number of carboxylic acid groups (broad SMARTS) is 1. The highest BCUT2D eigenvalue weighted by molar-refractivity contribution is 5.92. The molecule has 22 heavy (non-hydrogen) atoms. The average molecular weight is 299 g/mol. The number of carboxylic acids is 1. The van der Waals surface area contributed by atoms with Crippen molar-refractivity contribution in [1.82, 2.24) is 4.98 Å². The van der Waals surface area contributed by atoms with Crippen LogP contribution in [0.4, 0.5) is 0 Å². The van der Waals surface area contributed by atoms with Crippen LogP contribution in [0.25, 0.3) is 16.5 Å². The second-order valence-electron chi connectivity index (χ2n) is 6.33. The van der Waals surface area contributed by atoms with Crippen LogP contribution in [0.1, 0.15) is 57.7 Å². The Morgan fingerprint density at radius 2 is 2.05 bits per heavy atom. The third kappa shape index (κ3) is 3.59. The van der Waals surface area contributed by atoms with Crippen LogP contribution in [0.15, 0.2) is 30.3 Å². The molecule has 1 aromatic heterocycles. The minimum absolute atomic E-state index is 0.538. The van der Waals surface area contributed by atoms with Gasteiger partial charge in [0.25, 0.3) is 0 Å². The van der Waals surface area contributed by atoms with Gasteiger partial charge in [-0.1, -0.05) is 33.3 Å². The number of carbonyl (C=O) groups is 1. The van der Waals surface area contributed by atoms with Gasteiger partial charge in [-0.05, 0) is 48.6 Å². The summed E-state index contributed by atoms with van der Waals surface area (Å²) < 4.78 is 0. The van der Waals surface area contributed by atoms with Crippen molar-refractivity contribution < 1.29 is 9.90 Å². The number of aromatic nitrogens is 1. The molecular weight excluding hydrogens is 274 g/mol. The smallest absolute Gasteiger partial charge is 0.328 e. The summed E-state index contributed by atoms with van der Waals surface area (Å²) in [5.41, 5.74) is 4.12. The lowest BCUT2D eigenvalue weighted by Gasteiger charge is -2.18. The number of H-pyrrole nitrogens is 1. The van der Waals surface area contributed by atoms with Crippen molar-refractivity contribution in [3.05, 3.63) is 41.6 Å². The third-order valence-corrected chi connectivity index (χ3v) is 4.24. The number of hydrogen-bond acceptors (Lipinski definition) is 1. The largest absolute Gasteiger partial charge is 0.478 e. The van der Waals surface area contributed by atoms with E-state index >= 15 is 0 Å². The molecule has 0 radical (unpaired) electrons. The zero-order valence-corrected chi connectivity index (χ0v) is 13.8. The number of rotatable bonds is 6. The lowest BCUT2D eigenvalue weighted by atomic mass is 9.88. The van der Waals surface area contributed by atoms with E-state index in [2.05, 4.69) is 37.9 Å². The topological polar surface area (TPSA) is 53.1 Å². The molecule has 0 spiro atoms. The first-order valence-electron chi connectivity index (χ1n) is 7.96. The van der Waals surface area contributed by atoms with E-state index in [0.29, 0.717) is 11.8 Å². The summed E-state index contributed by atoms with van der Waals surface area (Å²) in [6.07, 6.45) is 3.60. The molecule has 2 N–H and O–H groups in total. The van der Waals surface area contributed by atoms with Crippen molar-refractivity contribution in [1.29, 1.82) is 0 Å². The van der Waals surface area contributed by atoms with E-state index in [1.807, 2.05) is 19.1 Å². The Morgan fingerprint density at radius 3 is 2.64 bits per heavy atom. The molecule has 1 heterocycles. The second kappa shape index (κ2) is 6.82. The Labute approximate surface area is 132 Å². The van der Waals surface area contributed by atoms with Gasteiger partial charge in [-0.15, -0.1) is 0 Å². The van der Waals surface area contributed by atoms with Crippen molar-refractivity contribution in [3.63, 3.8) is 0 Å². The Morgan fingerprint density at radius 1 is 1.32 bits per heavy atom. The molecule has 0 aliphatic carbocycles.